The zero-order chi connectivity index (χ0) is 8.27. The van der Waals surface area contributed by atoms with E-state index in [0.29, 0.717) is 6.42 Å². The molecule has 0 radical (unpaired) electrons. The first kappa shape index (κ1) is 8.43. The van der Waals surface area contributed by atoms with Crippen molar-refractivity contribution in [1.29, 1.82) is 0 Å². The van der Waals surface area contributed by atoms with E-state index in [2.05, 4.69) is 0 Å². The number of hydrogen-bond donors (Lipinski definition) is 1. The van der Waals surface area contributed by atoms with Crippen LogP contribution in [0.15, 0.2) is 5.38 Å². The van der Waals surface area contributed by atoms with Gasteiger partial charge in [0.1, 0.15) is 0 Å². The van der Waals surface area contributed by atoms with Gasteiger partial charge in [-0.15, -0.1) is 11.3 Å². The van der Waals surface area contributed by atoms with Gasteiger partial charge in [-0.2, -0.15) is 0 Å². The zero-order valence-corrected chi connectivity index (χ0v) is 7.15. The van der Waals surface area contributed by atoms with Crippen LogP contribution in [-0.2, 0) is 6.42 Å². The second-order valence-electron chi connectivity index (χ2n) is 2.35. The van der Waals surface area contributed by atoms with Crippen LogP contribution in [-0.4, -0.2) is 18.0 Å². The summed E-state index contributed by atoms with van der Waals surface area (Å²) in [5.41, 5.74) is 2.10. The van der Waals surface area contributed by atoms with Gasteiger partial charge >= 0.3 is 0 Å². The van der Waals surface area contributed by atoms with Crippen LogP contribution >= 0.6 is 11.3 Å². The Kier molecular flexibility index (Phi) is 2.79. The molecular weight excluding hydrogens is 160 g/mol. The first-order chi connectivity index (χ1) is 5.29. The van der Waals surface area contributed by atoms with E-state index in [-0.39, 0.29) is 6.61 Å². The summed E-state index contributed by atoms with van der Waals surface area (Å²) >= 11 is 1.44. The van der Waals surface area contributed by atoms with E-state index in [1.54, 1.807) is 0 Å². The number of thiophene rings is 1. The molecule has 2 nitrogen and oxygen atoms in total. The van der Waals surface area contributed by atoms with E-state index in [4.69, 9.17) is 5.11 Å². The number of aldehydes is 1. The van der Waals surface area contributed by atoms with Crippen LogP contribution in [0.5, 0.6) is 0 Å². The molecule has 60 valence electrons. The summed E-state index contributed by atoms with van der Waals surface area (Å²) in [4.78, 5) is 11.2. The van der Waals surface area contributed by atoms with Gasteiger partial charge in [0.05, 0.1) is 4.88 Å². The van der Waals surface area contributed by atoms with Gasteiger partial charge in [0.25, 0.3) is 0 Å². The van der Waals surface area contributed by atoms with E-state index in [0.717, 1.165) is 22.3 Å². The fourth-order valence-electron chi connectivity index (χ4n) is 1.02. The van der Waals surface area contributed by atoms with E-state index in [1.165, 1.54) is 11.3 Å². The zero-order valence-electron chi connectivity index (χ0n) is 6.33. The van der Waals surface area contributed by atoms with Crippen molar-refractivity contribution in [2.24, 2.45) is 0 Å². The molecule has 0 fully saturated rings. The fourth-order valence-corrected chi connectivity index (χ4v) is 1.93. The fraction of sp³-hybridized carbons (Fsp3) is 0.375. The van der Waals surface area contributed by atoms with Crippen molar-refractivity contribution in [2.75, 3.05) is 6.61 Å². The lowest BCUT2D eigenvalue weighted by molar-refractivity contribution is 0.112. The number of aryl methyl sites for hydroxylation is 1. The standard InChI is InChI=1S/C8H10O2S/c1-6-5-11-8(4-10)7(6)2-3-9/h4-5,9H,2-3H2,1H3. The summed E-state index contributed by atoms with van der Waals surface area (Å²) in [5, 5.41) is 10.6. The Labute approximate surface area is 69.5 Å². The Morgan fingerprint density at radius 2 is 2.45 bits per heavy atom. The molecule has 1 rings (SSSR count). The highest BCUT2D eigenvalue weighted by Gasteiger charge is 2.05. The van der Waals surface area contributed by atoms with Crippen LogP contribution in [0.25, 0.3) is 0 Å². The van der Waals surface area contributed by atoms with E-state index >= 15 is 0 Å². The second kappa shape index (κ2) is 3.64. The molecule has 0 aliphatic carbocycles. The molecule has 1 aromatic heterocycles. The Morgan fingerprint density at radius 1 is 1.73 bits per heavy atom. The van der Waals surface area contributed by atoms with Crippen molar-refractivity contribution in [3.05, 3.63) is 21.4 Å². The molecule has 0 bridgehead atoms. The molecule has 0 atom stereocenters. The lowest BCUT2D eigenvalue weighted by Crippen LogP contribution is -1.93. The van der Waals surface area contributed by atoms with Crippen LogP contribution in [0.1, 0.15) is 20.8 Å². The predicted molar refractivity (Wildman–Crippen MR) is 45.2 cm³/mol. The molecule has 0 saturated heterocycles. The molecule has 0 amide bonds. The molecule has 0 aliphatic heterocycles. The lowest BCUT2D eigenvalue weighted by Gasteiger charge is -1.96. The highest BCUT2D eigenvalue weighted by Crippen LogP contribution is 2.20. The third-order valence-corrected chi connectivity index (χ3v) is 2.67. The Bertz CT molecular complexity index is 253. The number of aliphatic hydroxyl groups excluding tert-OH is 1. The van der Waals surface area contributed by atoms with Crippen LogP contribution < -0.4 is 0 Å². The SMILES string of the molecule is Cc1csc(C=O)c1CCO. The van der Waals surface area contributed by atoms with E-state index < -0.39 is 0 Å². The molecule has 0 saturated carbocycles. The minimum absolute atomic E-state index is 0.110. The van der Waals surface area contributed by atoms with Crippen molar-refractivity contribution in [3.8, 4) is 0 Å². The van der Waals surface area contributed by atoms with Gasteiger partial charge in [-0.3, -0.25) is 4.79 Å². The Hall–Kier alpha value is -0.670. The first-order valence-corrected chi connectivity index (χ1v) is 4.30. The van der Waals surface area contributed by atoms with Gasteiger partial charge in [-0.25, -0.2) is 0 Å². The van der Waals surface area contributed by atoms with Crippen molar-refractivity contribution >= 4 is 17.6 Å². The van der Waals surface area contributed by atoms with Crippen molar-refractivity contribution in [1.82, 2.24) is 0 Å². The van der Waals surface area contributed by atoms with Crippen molar-refractivity contribution in [2.45, 2.75) is 13.3 Å². The Morgan fingerprint density at radius 3 is 3.00 bits per heavy atom. The molecule has 11 heavy (non-hydrogen) atoms. The molecule has 0 aromatic carbocycles. The highest BCUT2D eigenvalue weighted by molar-refractivity contribution is 7.12. The topological polar surface area (TPSA) is 37.3 Å². The average molecular weight is 170 g/mol. The molecular formula is C8H10O2S. The molecule has 1 N–H and O–H groups in total. The smallest absolute Gasteiger partial charge is 0.160 e. The molecule has 0 aliphatic rings. The van der Waals surface area contributed by atoms with E-state index in [9.17, 15) is 4.79 Å². The maximum absolute atomic E-state index is 10.4. The molecule has 0 unspecified atom stereocenters. The van der Waals surface area contributed by atoms with Crippen LogP contribution in [0, 0.1) is 6.92 Å². The van der Waals surface area contributed by atoms with Gasteiger partial charge < -0.3 is 5.11 Å². The number of carbonyl (C=O) groups is 1. The molecule has 0 spiro atoms. The number of hydrogen-bond acceptors (Lipinski definition) is 3. The lowest BCUT2D eigenvalue weighted by atomic mass is 10.1. The van der Waals surface area contributed by atoms with Gasteiger partial charge in [-0.05, 0) is 29.9 Å². The predicted octanol–water partition coefficient (Wildman–Crippen LogP) is 1.40. The summed E-state index contributed by atoms with van der Waals surface area (Å²) < 4.78 is 0. The summed E-state index contributed by atoms with van der Waals surface area (Å²) in [5.74, 6) is 0. The Balaban J connectivity index is 2.97. The number of aliphatic hydroxyl groups is 1. The summed E-state index contributed by atoms with van der Waals surface area (Å²) in [6.45, 7) is 2.06. The third kappa shape index (κ3) is 1.67. The van der Waals surface area contributed by atoms with Gasteiger partial charge in [0, 0.05) is 6.61 Å². The third-order valence-electron chi connectivity index (χ3n) is 1.60. The van der Waals surface area contributed by atoms with Gasteiger partial charge in [0.15, 0.2) is 6.29 Å². The summed E-state index contributed by atoms with van der Waals surface area (Å²) in [6.07, 6.45) is 1.44. The number of rotatable bonds is 3. The van der Waals surface area contributed by atoms with Crippen LogP contribution in [0.3, 0.4) is 0 Å². The van der Waals surface area contributed by atoms with Crippen molar-refractivity contribution in [3.63, 3.8) is 0 Å². The van der Waals surface area contributed by atoms with E-state index in [1.807, 2.05) is 12.3 Å². The summed E-state index contributed by atoms with van der Waals surface area (Å²) in [7, 11) is 0. The van der Waals surface area contributed by atoms with Crippen LogP contribution in [0.4, 0.5) is 0 Å². The maximum Gasteiger partial charge on any atom is 0.160 e. The average Bonchev–Trinajstić information content (AvgIpc) is 2.34. The number of carbonyl (C=O) groups excluding carboxylic acids is 1. The first-order valence-electron chi connectivity index (χ1n) is 3.42. The minimum Gasteiger partial charge on any atom is -0.396 e. The second-order valence-corrected chi connectivity index (χ2v) is 3.26. The monoisotopic (exact) mass is 170 g/mol. The quantitative estimate of drug-likeness (QED) is 0.696. The van der Waals surface area contributed by atoms with Crippen LogP contribution in [0.2, 0.25) is 0 Å². The molecule has 1 heterocycles. The van der Waals surface area contributed by atoms with Gasteiger partial charge in [0.2, 0.25) is 0 Å². The normalized spacial score (nSPS) is 10.0. The molecule has 1 aromatic rings. The summed E-state index contributed by atoms with van der Waals surface area (Å²) in [6, 6.07) is 0. The molecule has 3 heteroatoms. The van der Waals surface area contributed by atoms with Crippen molar-refractivity contribution < 1.29 is 9.90 Å². The minimum atomic E-state index is 0.110. The largest absolute Gasteiger partial charge is 0.396 e. The van der Waals surface area contributed by atoms with Gasteiger partial charge in [-0.1, -0.05) is 0 Å². The highest BCUT2D eigenvalue weighted by atomic mass is 32.1. The maximum atomic E-state index is 10.4.